The molecule has 1 saturated heterocycles. The fraction of sp³-hybridized carbons (Fsp3) is 0.233. The molecule has 1 aliphatic rings. The van der Waals surface area contributed by atoms with E-state index in [-0.39, 0.29) is 6.03 Å². The number of nitrogens with zero attached hydrogens (tertiary/aromatic N) is 4. The van der Waals surface area contributed by atoms with E-state index in [1.165, 1.54) is 0 Å². The van der Waals surface area contributed by atoms with Gasteiger partial charge in [-0.2, -0.15) is 0 Å². The average Bonchev–Trinajstić information content (AvgIpc) is 2.92. The van der Waals surface area contributed by atoms with Gasteiger partial charge in [0.2, 0.25) is 0 Å². The zero-order valence-electron chi connectivity index (χ0n) is 21.1. The first kappa shape index (κ1) is 24.8. The second-order valence-corrected chi connectivity index (χ2v) is 9.76. The van der Waals surface area contributed by atoms with E-state index in [2.05, 4.69) is 17.1 Å². The van der Waals surface area contributed by atoms with Crippen molar-refractivity contribution < 1.29 is 4.79 Å². The number of hydrogen-bond donors (Lipinski definition) is 1. The predicted molar refractivity (Wildman–Crippen MR) is 150 cm³/mol. The van der Waals surface area contributed by atoms with E-state index in [4.69, 9.17) is 21.6 Å². The first-order valence-electron chi connectivity index (χ1n) is 12.5. The van der Waals surface area contributed by atoms with Crippen LogP contribution in [0.5, 0.6) is 0 Å². The van der Waals surface area contributed by atoms with Crippen LogP contribution in [-0.2, 0) is 6.42 Å². The number of rotatable bonds is 5. The zero-order chi connectivity index (χ0) is 25.8. The Kier molecular flexibility index (Phi) is 7.37. The van der Waals surface area contributed by atoms with Gasteiger partial charge in [-0.25, -0.2) is 14.8 Å². The first-order chi connectivity index (χ1) is 18.0. The molecule has 4 aromatic rings. The number of halogens is 1. The van der Waals surface area contributed by atoms with E-state index in [1.54, 1.807) is 0 Å². The van der Waals surface area contributed by atoms with Crippen LogP contribution < -0.4 is 10.2 Å². The lowest BCUT2D eigenvalue weighted by molar-refractivity contribution is 0.208. The Bertz CT molecular complexity index is 1380. The smallest absolute Gasteiger partial charge is 0.321 e. The molecule has 37 heavy (non-hydrogen) atoms. The Morgan fingerprint density at radius 2 is 1.54 bits per heavy atom. The second-order valence-electron chi connectivity index (χ2n) is 9.32. The van der Waals surface area contributed by atoms with Crippen molar-refractivity contribution in [3.8, 4) is 11.4 Å². The maximum Gasteiger partial charge on any atom is 0.321 e. The first-order valence-corrected chi connectivity index (χ1v) is 12.9. The summed E-state index contributed by atoms with van der Waals surface area (Å²) in [5.41, 5.74) is 6.09. The van der Waals surface area contributed by atoms with Gasteiger partial charge in [-0.05, 0) is 43.2 Å². The molecule has 1 N–H and O–H groups in total. The zero-order valence-corrected chi connectivity index (χ0v) is 21.9. The molecule has 0 saturated carbocycles. The van der Waals surface area contributed by atoms with Gasteiger partial charge >= 0.3 is 6.03 Å². The Labute approximate surface area is 222 Å². The predicted octanol–water partition coefficient (Wildman–Crippen LogP) is 6.36. The fourth-order valence-corrected chi connectivity index (χ4v) is 4.73. The average molecular weight is 512 g/mol. The molecule has 5 rings (SSSR count). The van der Waals surface area contributed by atoms with E-state index in [0.29, 0.717) is 38.4 Å². The minimum absolute atomic E-state index is 0.0702. The van der Waals surface area contributed by atoms with Gasteiger partial charge in [0.05, 0.1) is 0 Å². The summed E-state index contributed by atoms with van der Waals surface area (Å²) >= 11 is 6.12. The molecule has 2 heterocycles. The van der Waals surface area contributed by atoms with E-state index in [1.807, 2.05) is 90.7 Å². The minimum atomic E-state index is -0.0702. The molecule has 188 valence electrons. The number of carbonyl (C=O) groups is 1. The van der Waals surface area contributed by atoms with E-state index in [0.717, 1.165) is 44.5 Å². The highest BCUT2D eigenvalue weighted by Gasteiger charge is 2.25. The monoisotopic (exact) mass is 511 g/mol. The lowest BCUT2D eigenvalue weighted by Crippen LogP contribution is -2.50. The molecule has 0 bridgehead atoms. The number of hydrogen-bond acceptors (Lipinski definition) is 4. The molecule has 0 unspecified atom stereocenters. The molecule has 1 aromatic heterocycles. The fourth-order valence-electron chi connectivity index (χ4n) is 4.60. The number of nitrogens with one attached hydrogen (secondary N) is 1. The summed E-state index contributed by atoms with van der Waals surface area (Å²) in [5.74, 6) is 1.65. The van der Waals surface area contributed by atoms with Crippen LogP contribution in [0.4, 0.5) is 16.3 Å². The summed E-state index contributed by atoms with van der Waals surface area (Å²) in [6.45, 7) is 6.66. The van der Waals surface area contributed by atoms with E-state index >= 15 is 0 Å². The normalized spacial score (nSPS) is 13.5. The van der Waals surface area contributed by atoms with Crippen molar-refractivity contribution in [2.75, 3.05) is 36.4 Å². The molecule has 7 heteroatoms. The highest BCUT2D eigenvalue weighted by atomic mass is 35.5. The SMILES string of the molecule is Cc1ccccc1NC(=O)N1CCN(c2nc(-c3ccccc3)nc(C)c2Cc2ccc(Cl)cc2)CC1. The van der Waals surface area contributed by atoms with Gasteiger partial charge in [0.1, 0.15) is 5.82 Å². The van der Waals surface area contributed by atoms with Crippen molar-refractivity contribution in [2.45, 2.75) is 20.3 Å². The van der Waals surface area contributed by atoms with Crippen LogP contribution in [0.3, 0.4) is 0 Å². The Morgan fingerprint density at radius 3 is 2.24 bits per heavy atom. The summed E-state index contributed by atoms with van der Waals surface area (Å²) < 4.78 is 0. The van der Waals surface area contributed by atoms with Crippen LogP contribution in [-0.4, -0.2) is 47.1 Å². The third-order valence-electron chi connectivity index (χ3n) is 6.77. The van der Waals surface area contributed by atoms with Crippen LogP contribution in [0.1, 0.15) is 22.4 Å². The van der Waals surface area contributed by atoms with Crippen molar-refractivity contribution in [2.24, 2.45) is 0 Å². The van der Waals surface area contributed by atoms with Crippen LogP contribution in [0.25, 0.3) is 11.4 Å². The number of anilines is 2. The van der Waals surface area contributed by atoms with Crippen molar-refractivity contribution in [1.29, 1.82) is 0 Å². The lowest BCUT2D eigenvalue weighted by atomic mass is 10.0. The molecule has 0 spiro atoms. The molecule has 2 amide bonds. The Balaban J connectivity index is 1.39. The lowest BCUT2D eigenvalue weighted by Gasteiger charge is -2.36. The third-order valence-corrected chi connectivity index (χ3v) is 7.02. The number of aromatic nitrogens is 2. The van der Waals surface area contributed by atoms with Gasteiger partial charge in [0.25, 0.3) is 0 Å². The highest BCUT2D eigenvalue weighted by Crippen LogP contribution is 2.29. The maximum atomic E-state index is 13.0. The van der Waals surface area contributed by atoms with Gasteiger partial charge in [-0.3, -0.25) is 0 Å². The Hall–Kier alpha value is -3.90. The minimum Gasteiger partial charge on any atom is -0.353 e. The van der Waals surface area contributed by atoms with Gasteiger partial charge in [0, 0.05) is 60.1 Å². The number of urea groups is 1. The largest absolute Gasteiger partial charge is 0.353 e. The highest BCUT2D eigenvalue weighted by molar-refractivity contribution is 6.30. The molecule has 1 aliphatic heterocycles. The van der Waals surface area contributed by atoms with Crippen molar-refractivity contribution in [1.82, 2.24) is 14.9 Å². The number of carbonyl (C=O) groups excluding carboxylic acids is 1. The third kappa shape index (κ3) is 5.75. The number of para-hydroxylation sites is 1. The van der Waals surface area contributed by atoms with E-state index in [9.17, 15) is 4.79 Å². The maximum absolute atomic E-state index is 13.0. The number of benzene rings is 3. The second kappa shape index (κ2) is 11.0. The van der Waals surface area contributed by atoms with Gasteiger partial charge in [0.15, 0.2) is 5.82 Å². The van der Waals surface area contributed by atoms with Crippen molar-refractivity contribution in [3.05, 3.63) is 106 Å². The van der Waals surface area contributed by atoms with Crippen LogP contribution in [0, 0.1) is 13.8 Å². The summed E-state index contributed by atoms with van der Waals surface area (Å²) in [4.78, 5) is 27.0. The van der Waals surface area contributed by atoms with Crippen LogP contribution in [0.15, 0.2) is 78.9 Å². The Morgan fingerprint density at radius 1 is 0.865 bits per heavy atom. The quantitative estimate of drug-likeness (QED) is 0.338. The summed E-state index contributed by atoms with van der Waals surface area (Å²) in [6.07, 6.45) is 0.710. The molecule has 6 nitrogen and oxygen atoms in total. The summed E-state index contributed by atoms with van der Waals surface area (Å²) in [6, 6.07) is 25.7. The van der Waals surface area contributed by atoms with Gasteiger partial charge < -0.3 is 15.1 Å². The number of amides is 2. The molecular formula is C30H30ClN5O. The number of piperazine rings is 1. The van der Waals surface area contributed by atoms with Gasteiger partial charge in [-0.1, -0.05) is 72.3 Å². The van der Waals surface area contributed by atoms with Crippen LogP contribution in [0.2, 0.25) is 5.02 Å². The number of aryl methyl sites for hydroxylation is 2. The van der Waals surface area contributed by atoms with Crippen molar-refractivity contribution >= 4 is 29.1 Å². The van der Waals surface area contributed by atoms with E-state index < -0.39 is 0 Å². The van der Waals surface area contributed by atoms with Crippen molar-refractivity contribution in [3.63, 3.8) is 0 Å². The molecular weight excluding hydrogens is 482 g/mol. The molecule has 0 radical (unpaired) electrons. The standard InChI is InChI=1S/C30H30ClN5O/c1-21-8-6-7-11-27(21)33-30(37)36-18-16-35(17-19-36)29-26(20-23-12-14-25(31)15-13-23)22(2)32-28(34-29)24-9-4-3-5-10-24/h3-15H,16-20H2,1-2H3,(H,33,37). The van der Waals surface area contributed by atoms with Gasteiger partial charge in [-0.15, -0.1) is 0 Å². The summed E-state index contributed by atoms with van der Waals surface area (Å²) in [7, 11) is 0. The molecule has 0 aliphatic carbocycles. The molecule has 1 fully saturated rings. The molecule has 0 atom stereocenters. The molecule has 3 aromatic carbocycles. The topological polar surface area (TPSA) is 61.4 Å². The summed E-state index contributed by atoms with van der Waals surface area (Å²) in [5, 5.41) is 3.77. The van der Waals surface area contributed by atoms with Crippen LogP contribution >= 0.6 is 11.6 Å².